The smallest absolute Gasteiger partial charge is 0.320 e. The van der Waals surface area contributed by atoms with Crippen molar-refractivity contribution in [3.63, 3.8) is 0 Å². The third-order valence-electron chi connectivity index (χ3n) is 4.93. The third kappa shape index (κ3) is 4.78. The van der Waals surface area contributed by atoms with E-state index in [1.54, 1.807) is 36.4 Å². The predicted octanol–water partition coefficient (Wildman–Crippen LogP) is 4.81. The van der Waals surface area contributed by atoms with E-state index < -0.39 is 23.5 Å². The topological polar surface area (TPSA) is 92.2 Å². The number of para-hydroxylation sites is 2. The Labute approximate surface area is 196 Å². The fourth-order valence-electron chi connectivity index (χ4n) is 3.27. The Hall–Kier alpha value is -3.98. The molecule has 0 spiro atoms. The zero-order chi connectivity index (χ0) is 23.5. The first kappa shape index (κ1) is 22.2. The minimum absolute atomic E-state index is 0.110. The highest BCUT2D eigenvalue weighted by Gasteiger charge is 2.22. The van der Waals surface area contributed by atoms with Crippen molar-refractivity contribution in [3.05, 3.63) is 94.3 Å². The number of hydrogen-bond acceptors (Lipinski definition) is 3. The molecule has 166 valence electrons. The Balaban J connectivity index is 1.65. The molecule has 7 nitrogen and oxygen atoms in total. The van der Waals surface area contributed by atoms with Crippen LogP contribution in [0, 0.1) is 12.7 Å². The molecule has 0 bridgehead atoms. The summed E-state index contributed by atoms with van der Waals surface area (Å²) in [6, 6.07) is 19.6. The molecule has 33 heavy (non-hydrogen) atoms. The molecule has 4 aromatic rings. The lowest BCUT2D eigenvalue weighted by molar-refractivity contribution is -0.133. The number of nitrogens with one attached hydrogen (secondary N) is 3. The summed E-state index contributed by atoms with van der Waals surface area (Å²) in [4.78, 5) is 38.1. The molecule has 0 aliphatic heterocycles. The van der Waals surface area contributed by atoms with Gasteiger partial charge in [-0.1, -0.05) is 46.3 Å². The summed E-state index contributed by atoms with van der Waals surface area (Å²) in [7, 11) is 0. The monoisotopic (exact) mass is 508 g/mol. The average Bonchev–Trinajstić information content (AvgIpc) is 3.14. The van der Waals surface area contributed by atoms with Crippen molar-refractivity contribution >= 4 is 55.9 Å². The second-order valence-corrected chi connectivity index (χ2v) is 8.13. The van der Waals surface area contributed by atoms with Gasteiger partial charge in [0.05, 0.1) is 11.2 Å². The number of benzene rings is 3. The lowest BCUT2D eigenvalue weighted by atomic mass is 10.2. The molecule has 1 aromatic heterocycles. The van der Waals surface area contributed by atoms with E-state index in [2.05, 4.69) is 32.0 Å². The number of amides is 3. The molecule has 9 heteroatoms. The van der Waals surface area contributed by atoms with Crippen LogP contribution in [0.5, 0.6) is 0 Å². The van der Waals surface area contributed by atoms with Crippen molar-refractivity contribution in [1.82, 2.24) is 4.68 Å². The number of carbonyl (C=O) groups excluding carboxylic acids is 3. The van der Waals surface area contributed by atoms with Gasteiger partial charge in [-0.15, -0.1) is 0 Å². The van der Waals surface area contributed by atoms with Gasteiger partial charge in [-0.25, -0.2) is 9.07 Å². The Morgan fingerprint density at radius 1 is 0.848 bits per heavy atom. The zero-order valence-corrected chi connectivity index (χ0v) is 18.9. The lowest BCUT2D eigenvalue weighted by Gasteiger charge is -2.13. The molecule has 0 fully saturated rings. The van der Waals surface area contributed by atoms with Crippen LogP contribution in [0.4, 0.5) is 15.8 Å². The van der Waals surface area contributed by atoms with E-state index in [0.717, 1.165) is 10.0 Å². The fraction of sp³-hybridized carbons (Fsp3) is 0.0417. The molecule has 3 N–H and O–H groups in total. The molecule has 3 aromatic carbocycles. The van der Waals surface area contributed by atoms with Crippen LogP contribution < -0.4 is 16.1 Å². The van der Waals surface area contributed by atoms with Crippen LogP contribution in [-0.2, 0) is 9.59 Å². The van der Waals surface area contributed by atoms with Gasteiger partial charge in [-0.2, -0.15) is 0 Å². The minimum Gasteiger partial charge on any atom is -0.320 e. The Bertz CT molecular complexity index is 1400. The first-order valence-electron chi connectivity index (χ1n) is 9.88. The van der Waals surface area contributed by atoms with Crippen molar-refractivity contribution in [2.24, 2.45) is 0 Å². The second kappa shape index (κ2) is 9.25. The number of nitrogens with zero attached hydrogens (tertiary/aromatic N) is 1. The van der Waals surface area contributed by atoms with Gasteiger partial charge in [0.25, 0.3) is 5.91 Å². The van der Waals surface area contributed by atoms with Crippen molar-refractivity contribution in [3.8, 4) is 0 Å². The second-order valence-electron chi connectivity index (χ2n) is 7.21. The van der Waals surface area contributed by atoms with Crippen LogP contribution in [-0.4, -0.2) is 22.4 Å². The molecule has 0 saturated heterocycles. The summed E-state index contributed by atoms with van der Waals surface area (Å²) < 4.78 is 15.9. The van der Waals surface area contributed by atoms with Crippen LogP contribution in [0.15, 0.2) is 77.3 Å². The van der Waals surface area contributed by atoms with E-state index >= 15 is 0 Å². The highest BCUT2D eigenvalue weighted by atomic mass is 79.9. The first-order chi connectivity index (χ1) is 15.8. The predicted molar refractivity (Wildman–Crippen MR) is 128 cm³/mol. The number of aryl methyl sites for hydroxylation is 1. The van der Waals surface area contributed by atoms with Crippen LogP contribution in [0.2, 0.25) is 0 Å². The zero-order valence-electron chi connectivity index (χ0n) is 17.4. The maximum atomic E-state index is 13.8. The van der Waals surface area contributed by atoms with E-state index in [1.807, 2.05) is 19.1 Å². The molecular weight excluding hydrogens is 491 g/mol. The number of rotatable bonds is 4. The average molecular weight is 509 g/mol. The van der Waals surface area contributed by atoms with E-state index in [4.69, 9.17) is 0 Å². The molecule has 3 amide bonds. The fourth-order valence-corrected chi connectivity index (χ4v) is 3.65. The number of fused-ring (bicyclic) bond motifs is 1. The number of aromatic nitrogens is 1. The van der Waals surface area contributed by atoms with Gasteiger partial charge in [0.1, 0.15) is 11.5 Å². The molecule has 0 aliphatic carbocycles. The summed E-state index contributed by atoms with van der Waals surface area (Å²) in [5.41, 5.74) is 4.40. The first-order valence-corrected chi connectivity index (χ1v) is 10.7. The van der Waals surface area contributed by atoms with Crippen molar-refractivity contribution in [2.45, 2.75) is 6.92 Å². The minimum atomic E-state index is -1.08. The highest BCUT2D eigenvalue weighted by molar-refractivity contribution is 9.10. The molecule has 0 saturated carbocycles. The summed E-state index contributed by atoms with van der Waals surface area (Å²) in [6.45, 7) is 1.86. The number of halogens is 2. The summed E-state index contributed by atoms with van der Waals surface area (Å²) in [5, 5.41) is 5.71. The van der Waals surface area contributed by atoms with Crippen molar-refractivity contribution < 1.29 is 18.8 Å². The molecular formula is C24H18BrFN4O3. The molecule has 4 rings (SSSR count). The van der Waals surface area contributed by atoms with Gasteiger partial charge < -0.3 is 10.6 Å². The summed E-state index contributed by atoms with van der Waals surface area (Å²) >= 11 is 3.39. The van der Waals surface area contributed by atoms with Gasteiger partial charge >= 0.3 is 11.8 Å². The third-order valence-corrected chi connectivity index (χ3v) is 5.42. The SMILES string of the molecule is Cc1ccccc1NC(=O)c1cc2cc(Br)ccc2n1NC(=O)C(=O)Nc1ccccc1F. The maximum absolute atomic E-state index is 13.8. The van der Waals surface area contributed by atoms with Crippen molar-refractivity contribution in [1.29, 1.82) is 0 Å². The Morgan fingerprint density at radius 2 is 1.55 bits per heavy atom. The Kier molecular flexibility index (Phi) is 6.23. The molecule has 0 aliphatic rings. The number of carbonyl (C=O) groups is 3. The summed E-state index contributed by atoms with van der Waals surface area (Å²) in [6.07, 6.45) is 0. The van der Waals surface area contributed by atoms with Crippen LogP contribution >= 0.6 is 15.9 Å². The molecule has 0 radical (unpaired) electrons. The van der Waals surface area contributed by atoms with E-state index in [0.29, 0.717) is 16.6 Å². The van der Waals surface area contributed by atoms with E-state index in [1.165, 1.54) is 28.9 Å². The standard InChI is InChI=1S/C24H18BrFN4O3/c1-14-6-2-4-8-18(14)27-22(31)21-13-15-12-16(25)10-11-20(15)30(21)29-24(33)23(32)28-19-9-5-3-7-17(19)26/h2-13H,1H3,(H,27,31)(H,28,32)(H,29,33). The lowest BCUT2D eigenvalue weighted by Crippen LogP contribution is -2.36. The quantitative estimate of drug-likeness (QED) is 0.345. The van der Waals surface area contributed by atoms with Crippen LogP contribution in [0.1, 0.15) is 16.1 Å². The van der Waals surface area contributed by atoms with Crippen LogP contribution in [0.3, 0.4) is 0 Å². The summed E-state index contributed by atoms with van der Waals surface area (Å²) in [5.74, 6) is -3.30. The van der Waals surface area contributed by atoms with Gasteiger partial charge in [0, 0.05) is 15.5 Å². The van der Waals surface area contributed by atoms with Gasteiger partial charge in [-0.3, -0.25) is 19.8 Å². The van der Waals surface area contributed by atoms with Gasteiger partial charge in [-0.05, 0) is 55.0 Å². The van der Waals surface area contributed by atoms with E-state index in [9.17, 15) is 18.8 Å². The van der Waals surface area contributed by atoms with E-state index in [-0.39, 0.29) is 11.4 Å². The molecule has 0 unspecified atom stereocenters. The Morgan fingerprint density at radius 3 is 2.27 bits per heavy atom. The molecule has 1 heterocycles. The number of hydrogen-bond donors (Lipinski definition) is 3. The van der Waals surface area contributed by atoms with Crippen molar-refractivity contribution in [2.75, 3.05) is 16.1 Å². The largest absolute Gasteiger partial charge is 0.328 e. The molecule has 0 atom stereocenters. The van der Waals surface area contributed by atoms with Crippen LogP contribution in [0.25, 0.3) is 10.9 Å². The maximum Gasteiger partial charge on any atom is 0.328 e. The van der Waals surface area contributed by atoms with Gasteiger partial charge in [0.2, 0.25) is 0 Å². The normalized spacial score (nSPS) is 10.6. The van der Waals surface area contributed by atoms with Gasteiger partial charge in [0.15, 0.2) is 0 Å². The highest BCUT2D eigenvalue weighted by Crippen LogP contribution is 2.24. The number of anilines is 2.